The molecule has 0 spiro atoms. The van der Waals surface area contributed by atoms with Gasteiger partial charge in [0.25, 0.3) is 5.91 Å². The molecule has 2 heterocycles. The van der Waals surface area contributed by atoms with Crippen molar-refractivity contribution in [2.75, 3.05) is 13.2 Å². The normalized spacial score (nSPS) is 17.0. The number of phenolic OH excluding ortho intramolecular Hbond substituents is 1. The molecule has 1 aliphatic rings. The van der Waals surface area contributed by atoms with Crippen LogP contribution in [0.5, 0.6) is 5.75 Å². The lowest BCUT2D eigenvalue weighted by Gasteiger charge is -2.11. The van der Waals surface area contributed by atoms with Gasteiger partial charge in [0.2, 0.25) is 5.55 Å². The first-order chi connectivity index (χ1) is 14.0. The molecule has 29 heavy (non-hydrogen) atoms. The minimum absolute atomic E-state index is 0.0348. The van der Waals surface area contributed by atoms with Crippen LogP contribution in [0.1, 0.15) is 28.8 Å². The van der Waals surface area contributed by atoms with Gasteiger partial charge in [-0.3, -0.25) is 4.79 Å². The molecule has 1 aromatic heterocycles. The van der Waals surface area contributed by atoms with E-state index in [0.717, 1.165) is 25.0 Å². The van der Waals surface area contributed by atoms with E-state index in [9.17, 15) is 9.90 Å². The first kappa shape index (κ1) is 19.5. The van der Waals surface area contributed by atoms with Crippen molar-refractivity contribution in [3.63, 3.8) is 0 Å². The van der Waals surface area contributed by atoms with Crippen LogP contribution in [0.25, 0.3) is 11.0 Å². The fraction of sp³-hybridized carbons (Fsp3) is 0.273. The number of hydrogen-bond donors (Lipinski definition) is 2. The lowest BCUT2D eigenvalue weighted by atomic mass is 10.1. The number of nitrogens with one attached hydrogen (secondary N) is 1. The summed E-state index contributed by atoms with van der Waals surface area (Å²) >= 11 is 6.10. The summed E-state index contributed by atoms with van der Waals surface area (Å²) in [5, 5.41) is 14.0. The van der Waals surface area contributed by atoms with Gasteiger partial charge in [-0.15, -0.1) is 0 Å². The molecule has 1 aliphatic heterocycles. The minimum atomic E-state index is -0.288. The molecule has 0 unspecified atom stereocenters. The Morgan fingerprint density at radius 1 is 1.28 bits per heavy atom. The number of fused-ring (bicyclic) bond motifs is 1. The second kappa shape index (κ2) is 8.27. The van der Waals surface area contributed by atoms with Crippen molar-refractivity contribution in [2.45, 2.75) is 25.9 Å². The number of rotatable bonds is 4. The van der Waals surface area contributed by atoms with Gasteiger partial charge in [-0.1, -0.05) is 11.6 Å². The SMILES string of the molecule is Cc1cc(N=c2oc3cc(O)ccc3cc2C(=O)NC[C@@H]2CCCO2)ccc1Cl. The average molecular weight is 413 g/mol. The zero-order valence-corrected chi connectivity index (χ0v) is 16.7. The topological polar surface area (TPSA) is 84.1 Å². The van der Waals surface area contributed by atoms with Crippen molar-refractivity contribution in [2.24, 2.45) is 4.99 Å². The Balaban J connectivity index is 1.76. The molecule has 1 fully saturated rings. The summed E-state index contributed by atoms with van der Waals surface area (Å²) < 4.78 is 11.5. The number of amides is 1. The summed E-state index contributed by atoms with van der Waals surface area (Å²) in [4.78, 5) is 17.4. The van der Waals surface area contributed by atoms with Gasteiger partial charge < -0.3 is 19.6 Å². The molecule has 0 bridgehead atoms. The van der Waals surface area contributed by atoms with Crippen LogP contribution >= 0.6 is 11.6 Å². The second-order valence-corrected chi connectivity index (χ2v) is 7.48. The maximum absolute atomic E-state index is 12.9. The standard InChI is InChI=1S/C22H21ClN2O4/c1-13-9-15(5-7-19(13)23)25-22-18(21(27)24-12-17-3-2-8-28-17)10-14-4-6-16(26)11-20(14)29-22/h4-7,9-11,17,26H,2-3,8,12H2,1H3,(H,24,27)/t17-/m0/s1. The molecule has 0 saturated carbocycles. The van der Waals surface area contributed by atoms with Crippen LogP contribution < -0.4 is 10.9 Å². The number of aromatic hydroxyl groups is 1. The largest absolute Gasteiger partial charge is 0.508 e. The van der Waals surface area contributed by atoms with E-state index in [4.69, 9.17) is 20.8 Å². The highest BCUT2D eigenvalue weighted by atomic mass is 35.5. The maximum atomic E-state index is 12.9. The van der Waals surface area contributed by atoms with Crippen LogP contribution in [-0.4, -0.2) is 30.3 Å². The van der Waals surface area contributed by atoms with E-state index in [2.05, 4.69) is 10.3 Å². The lowest BCUT2D eigenvalue weighted by Crippen LogP contribution is -2.34. The van der Waals surface area contributed by atoms with Crippen molar-refractivity contribution in [3.05, 3.63) is 64.2 Å². The molecule has 1 saturated heterocycles. The number of hydrogen-bond acceptors (Lipinski definition) is 5. The number of benzene rings is 2. The van der Waals surface area contributed by atoms with E-state index in [1.165, 1.54) is 6.07 Å². The summed E-state index contributed by atoms with van der Waals surface area (Å²) in [7, 11) is 0. The predicted molar refractivity (Wildman–Crippen MR) is 111 cm³/mol. The van der Waals surface area contributed by atoms with Crippen LogP contribution in [0.15, 0.2) is 51.9 Å². The molecule has 7 heteroatoms. The molecule has 2 aromatic carbocycles. The lowest BCUT2D eigenvalue weighted by molar-refractivity contribution is 0.0854. The number of halogens is 1. The average Bonchev–Trinajstić information content (AvgIpc) is 3.22. The van der Waals surface area contributed by atoms with Crippen molar-refractivity contribution in [1.82, 2.24) is 5.32 Å². The quantitative estimate of drug-likeness (QED) is 0.671. The molecule has 1 atom stereocenters. The van der Waals surface area contributed by atoms with Gasteiger partial charge in [-0.2, -0.15) is 0 Å². The highest BCUT2D eigenvalue weighted by molar-refractivity contribution is 6.31. The molecule has 0 aliphatic carbocycles. The van der Waals surface area contributed by atoms with E-state index >= 15 is 0 Å². The Morgan fingerprint density at radius 3 is 2.90 bits per heavy atom. The molecular formula is C22H21ClN2O4. The predicted octanol–water partition coefficient (Wildman–Crippen LogP) is 4.24. The smallest absolute Gasteiger partial charge is 0.256 e. The van der Waals surface area contributed by atoms with E-state index in [1.807, 2.05) is 13.0 Å². The highest BCUT2D eigenvalue weighted by Gasteiger charge is 2.18. The van der Waals surface area contributed by atoms with Crippen molar-refractivity contribution in [3.8, 4) is 5.75 Å². The Hall–Kier alpha value is -2.83. The first-order valence-electron chi connectivity index (χ1n) is 9.47. The zero-order chi connectivity index (χ0) is 20.4. The van der Waals surface area contributed by atoms with Crippen LogP contribution in [-0.2, 0) is 4.74 Å². The van der Waals surface area contributed by atoms with Crippen molar-refractivity contribution in [1.29, 1.82) is 0 Å². The summed E-state index contributed by atoms with van der Waals surface area (Å²) in [6, 6.07) is 11.8. The summed E-state index contributed by atoms with van der Waals surface area (Å²) in [5.41, 5.74) is 2.40. The van der Waals surface area contributed by atoms with E-state index in [-0.39, 0.29) is 23.3 Å². The fourth-order valence-corrected chi connectivity index (χ4v) is 3.39. The minimum Gasteiger partial charge on any atom is -0.508 e. The Morgan fingerprint density at radius 2 is 2.14 bits per heavy atom. The number of ether oxygens (including phenoxy) is 1. The molecule has 0 radical (unpaired) electrons. The summed E-state index contributed by atoms with van der Waals surface area (Å²) in [6.07, 6.45) is 1.97. The number of phenols is 1. The highest BCUT2D eigenvalue weighted by Crippen LogP contribution is 2.23. The first-order valence-corrected chi connectivity index (χ1v) is 9.85. The van der Waals surface area contributed by atoms with Gasteiger partial charge in [-0.25, -0.2) is 4.99 Å². The second-order valence-electron chi connectivity index (χ2n) is 7.08. The maximum Gasteiger partial charge on any atom is 0.256 e. The number of aryl methyl sites for hydroxylation is 1. The summed E-state index contributed by atoms with van der Waals surface area (Å²) in [6.45, 7) is 3.05. The van der Waals surface area contributed by atoms with Gasteiger partial charge in [0, 0.05) is 29.6 Å². The molecular weight excluding hydrogens is 392 g/mol. The fourth-order valence-electron chi connectivity index (χ4n) is 3.28. The van der Waals surface area contributed by atoms with Gasteiger partial charge >= 0.3 is 0 Å². The molecule has 3 aromatic rings. The zero-order valence-electron chi connectivity index (χ0n) is 15.9. The number of carbonyl (C=O) groups is 1. The number of nitrogens with zero attached hydrogens (tertiary/aromatic N) is 1. The van der Waals surface area contributed by atoms with Crippen LogP contribution in [0, 0.1) is 6.92 Å². The van der Waals surface area contributed by atoms with E-state index in [1.54, 1.807) is 30.3 Å². The van der Waals surface area contributed by atoms with Crippen LogP contribution in [0.2, 0.25) is 5.02 Å². The molecule has 6 nitrogen and oxygen atoms in total. The van der Waals surface area contributed by atoms with Gasteiger partial charge in [0.15, 0.2) is 0 Å². The third-order valence-electron chi connectivity index (χ3n) is 4.87. The Bertz CT molecular complexity index is 1130. The Labute approximate surface area is 172 Å². The Kier molecular flexibility index (Phi) is 5.56. The third-order valence-corrected chi connectivity index (χ3v) is 5.29. The van der Waals surface area contributed by atoms with Crippen molar-refractivity contribution < 1.29 is 19.1 Å². The molecule has 1 amide bonds. The van der Waals surface area contributed by atoms with E-state index in [0.29, 0.717) is 33.8 Å². The molecule has 2 N–H and O–H groups in total. The van der Waals surface area contributed by atoms with Gasteiger partial charge in [0.05, 0.1) is 11.8 Å². The van der Waals surface area contributed by atoms with Crippen LogP contribution in [0.4, 0.5) is 5.69 Å². The van der Waals surface area contributed by atoms with Crippen LogP contribution in [0.3, 0.4) is 0 Å². The van der Waals surface area contributed by atoms with Gasteiger partial charge in [-0.05, 0) is 61.7 Å². The van der Waals surface area contributed by atoms with Gasteiger partial charge in [0.1, 0.15) is 16.9 Å². The molecule has 4 rings (SSSR count). The third kappa shape index (κ3) is 4.44. The molecule has 150 valence electrons. The van der Waals surface area contributed by atoms with Crippen molar-refractivity contribution >= 4 is 34.2 Å². The van der Waals surface area contributed by atoms with E-state index < -0.39 is 0 Å². The summed E-state index contributed by atoms with van der Waals surface area (Å²) in [5.74, 6) is -0.214. The monoisotopic (exact) mass is 412 g/mol. The number of carbonyl (C=O) groups excluding carboxylic acids is 1.